The highest BCUT2D eigenvalue weighted by atomic mass is 35.5. The Hall–Kier alpha value is -3.63. The first-order chi connectivity index (χ1) is 16.1. The summed E-state index contributed by atoms with van der Waals surface area (Å²) in [5.41, 5.74) is 2.16. The van der Waals surface area contributed by atoms with Gasteiger partial charge < -0.3 is 9.88 Å². The van der Waals surface area contributed by atoms with Gasteiger partial charge in [0.2, 0.25) is 0 Å². The maximum Gasteiger partial charge on any atom is 0.259 e. The maximum atomic E-state index is 14.3. The van der Waals surface area contributed by atoms with Gasteiger partial charge in [0.15, 0.2) is 5.82 Å². The molecule has 0 saturated heterocycles. The lowest BCUT2D eigenvalue weighted by molar-refractivity contribution is 0.0690. The van der Waals surface area contributed by atoms with Crippen molar-refractivity contribution in [3.05, 3.63) is 88.0 Å². The number of carbonyl (C=O) groups excluding carboxylic acids is 1. The minimum atomic E-state index is -0.571. The molecule has 0 spiro atoms. The normalized spacial score (nSPS) is 15.7. The third kappa shape index (κ3) is 3.21. The van der Waals surface area contributed by atoms with Gasteiger partial charge in [-0.3, -0.25) is 4.79 Å². The summed E-state index contributed by atoms with van der Waals surface area (Å²) in [4.78, 5) is 31.8. The van der Waals surface area contributed by atoms with Crippen LogP contribution in [0.2, 0.25) is 5.15 Å². The van der Waals surface area contributed by atoms with Crippen LogP contribution in [-0.4, -0.2) is 47.1 Å². The molecule has 0 radical (unpaired) electrons. The maximum absolute atomic E-state index is 14.3. The molecule has 1 N–H and O–H groups in total. The summed E-state index contributed by atoms with van der Waals surface area (Å²) in [5.74, 6) is -0.195. The Morgan fingerprint density at radius 2 is 2.12 bits per heavy atom. The zero-order valence-corrected chi connectivity index (χ0v) is 18.5. The lowest BCUT2D eigenvalue weighted by atomic mass is 10.0. The van der Waals surface area contributed by atoms with Gasteiger partial charge in [0.05, 0.1) is 28.5 Å². The standard InChI is InChI=1S/C22H15ClFN7OS/c23-20-12(10-28-31(20)16-6-1-2-8-25-16)22(32)30-9-7-14-18(27-11-26-14)19(30)21-29-17-13(24)4-3-5-15(17)33-21/h1-6,8,10-11,19H,7,9H2,(H,26,27)/t19-/m0/s1. The van der Waals surface area contributed by atoms with Gasteiger partial charge in [0.25, 0.3) is 5.91 Å². The molecular weight excluding hydrogens is 465 g/mol. The number of carbonyl (C=O) groups is 1. The topological polar surface area (TPSA) is 92.6 Å². The van der Waals surface area contributed by atoms with E-state index in [9.17, 15) is 9.18 Å². The highest BCUT2D eigenvalue weighted by Gasteiger charge is 2.38. The van der Waals surface area contributed by atoms with Crippen LogP contribution in [-0.2, 0) is 6.42 Å². The second-order valence-corrected chi connectivity index (χ2v) is 8.93. The number of halogens is 2. The number of rotatable bonds is 3. The number of fused-ring (bicyclic) bond motifs is 2. The van der Waals surface area contributed by atoms with Gasteiger partial charge in [0, 0.05) is 24.9 Å². The molecule has 11 heteroatoms. The minimum absolute atomic E-state index is 0.167. The van der Waals surface area contributed by atoms with E-state index in [2.05, 4.69) is 25.0 Å². The molecule has 1 atom stereocenters. The Morgan fingerprint density at radius 3 is 2.94 bits per heavy atom. The Balaban J connectivity index is 1.44. The quantitative estimate of drug-likeness (QED) is 0.419. The Labute approximate surface area is 195 Å². The van der Waals surface area contributed by atoms with Gasteiger partial charge in [-0.15, -0.1) is 11.3 Å². The van der Waals surface area contributed by atoms with Gasteiger partial charge in [-0.05, 0) is 24.3 Å². The number of aromatic amines is 1. The zero-order chi connectivity index (χ0) is 22.5. The monoisotopic (exact) mass is 479 g/mol. The van der Waals surface area contributed by atoms with E-state index in [1.807, 2.05) is 12.1 Å². The smallest absolute Gasteiger partial charge is 0.259 e. The molecule has 1 aliphatic heterocycles. The van der Waals surface area contributed by atoms with Crippen LogP contribution in [0.3, 0.4) is 0 Å². The van der Waals surface area contributed by atoms with E-state index in [-0.39, 0.29) is 22.1 Å². The molecule has 8 nitrogen and oxygen atoms in total. The molecule has 1 aliphatic rings. The number of thiazole rings is 1. The number of aromatic nitrogens is 6. The van der Waals surface area contributed by atoms with E-state index in [1.165, 1.54) is 28.3 Å². The predicted octanol–water partition coefficient (Wildman–Crippen LogP) is 4.18. The fourth-order valence-electron chi connectivity index (χ4n) is 4.06. The van der Waals surface area contributed by atoms with Crippen molar-refractivity contribution in [3.8, 4) is 5.82 Å². The molecule has 0 bridgehead atoms. The van der Waals surface area contributed by atoms with E-state index in [4.69, 9.17) is 11.6 Å². The molecule has 6 rings (SSSR count). The number of hydrogen-bond donors (Lipinski definition) is 1. The Bertz CT molecular complexity index is 1500. The molecule has 33 heavy (non-hydrogen) atoms. The third-order valence-electron chi connectivity index (χ3n) is 5.61. The van der Waals surface area contributed by atoms with E-state index >= 15 is 0 Å². The van der Waals surface area contributed by atoms with Gasteiger partial charge >= 0.3 is 0 Å². The molecule has 0 aliphatic carbocycles. The number of benzene rings is 1. The van der Waals surface area contributed by atoms with Crippen LogP contribution < -0.4 is 0 Å². The summed E-state index contributed by atoms with van der Waals surface area (Å²) in [5, 5.41) is 5.03. The van der Waals surface area contributed by atoms with Crippen molar-refractivity contribution in [2.75, 3.05) is 6.54 Å². The summed E-state index contributed by atoms with van der Waals surface area (Å²) in [7, 11) is 0. The van der Waals surface area contributed by atoms with Crippen molar-refractivity contribution in [2.24, 2.45) is 0 Å². The van der Waals surface area contributed by atoms with Crippen molar-refractivity contribution in [1.29, 1.82) is 0 Å². The Kier molecular flexibility index (Phi) is 4.70. The van der Waals surface area contributed by atoms with Crippen molar-refractivity contribution >= 4 is 39.1 Å². The number of amides is 1. The van der Waals surface area contributed by atoms with E-state index in [0.717, 1.165) is 5.69 Å². The predicted molar refractivity (Wildman–Crippen MR) is 121 cm³/mol. The van der Waals surface area contributed by atoms with Crippen molar-refractivity contribution in [1.82, 2.24) is 34.6 Å². The average Bonchev–Trinajstić information content (AvgIpc) is 3.57. The first-order valence-corrected chi connectivity index (χ1v) is 11.3. The molecule has 0 saturated carbocycles. The molecule has 5 aromatic rings. The summed E-state index contributed by atoms with van der Waals surface area (Å²) in [6.45, 7) is 0.419. The second kappa shape index (κ2) is 7.75. The Morgan fingerprint density at radius 1 is 1.21 bits per heavy atom. The van der Waals surface area contributed by atoms with E-state index in [1.54, 1.807) is 35.6 Å². The number of nitrogens with one attached hydrogen (secondary N) is 1. The number of nitrogens with zero attached hydrogens (tertiary/aromatic N) is 6. The van der Waals surface area contributed by atoms with Crippen LogP contribution in [0, 0.1) is 5.82 Å². The lowest BCUT2D eigenvalue weighted by Crippen LogP contribution is -2.40. The fraction of sp³-hybridized carbons (Fsp3) is 0.136. The number of pyridine rings is 1. The largest absolute Gasteiger partial charge is 0.348 e. The molecule has 5 heterocycles. The lowest BCUT2D eigenvalue weighted by Gasteiger charge is -2.33. The van der Waals surface area contributed by atoms with Crippen LogP contribution >= 0.6 is 22.9 Å². The van der Waals surface area contributed by atoms with Crippen LogP contribution in [0.5, 0.6) is 0 Å². The molecule has 164 valence electrons. The number of para-hydroxylation sites is 1. The van der Waals surface area contributed by atoms with E-state index < -0.39 is 11.9 Å². The molecule has 0 fully saturated rings. The fourth-order valence-corrected chi connectivity index (χ4v) is 5.42. The number of imidazole rings is 1. The SMILES string of the molecule is O=C(c1cnn(-c2ccccn2)c1Cl)N1CCc2[nH]cnc2[C@H]1c1nc2c(F)cccc2s1. The van der Waals surface area contributed by atoms with Crippen LogP contribution in [0.25, 0.3) is 16.0 Å². The molecule has 4 aromatic heterocycles. The highest BCUT2D eigenvalue weighted by molar-refractivity contribution is 7.18. The summed E-state index contributed by atoms with van der Waals surface area (Å²) in [6.07, 6.45) is 5.27. The average molecular weight is 480 g/mol. The summed E-state index contributed by atoms with van der Waals surface area (Å²) >= 11 is 7.90. The van der Waals surface area contributed by atoms with Crippen LogP contribution in [0.1, 0.15) is 32.8 Å². The zero-order valence-electron chi connectivity index (χ0n) is 16.9. The summed E-state index contributed by atoms with van der Waals surface area (Å²) in [6, 6.07) is 9.62. The molecule has 1 amide bonds. The molecule has 1 aromatic carbocycles. The summed E-state index contributed by atoms with van der Waals surface area (Å²) < 4.78 is 16.5. The molecular formula is C22H15ClFN7OS. The van der Waals surface area contributed by atoms with Crippen molar-refractivity contribution in [2.45, 2.75) is 12.5 Å². The van der Waals surface area contributed by atoms with Crippen LogP contribution in [0.15, 0.2) is 55.1 Å². The number of H-pyrrole nitrogens is 1. The van der Waals surface area contributed by atoms with Gasteiger partial charge in [-0.25, -0.2) is 24.0 Å². The first kappa shape index (κ1) is 20.0. The van der Waals surface area contributed by atoms with Crippen molar-refractivity contribution < 1.29 is 9.18 Å². The van der Waals surface area contributed by atoms with Crippen LogP contribution in [0.4, 0.5) is 4.39 Å². The second-order valence-electron chi connectivity index (χ2n) is 7.50. The van der Waals surface area contributed by atoms with Gasteiger partial charge in [0.1, 0.15) is 27.5 Å². The first-order valence-electron chi connectivity index (χ1n) is 10.1. The molecule has 0 unspecified atom stereocenters. The van der Waals surface area contributed by atoms with Gasteiger partial charge in [-0.1, -0.05) is 23.7 Å². The van der Waals surface area contributed by atoms with Gasteiger partial charge in [-0.2, -0.15) is 5.10 Å². The minimum Gasteiger partial charge on any atom is -0.348 e. The number of hydrogen-bond acceptors (Lipinski definition) is 6. The van der Waals surface area contributed by atoms with Crippen molar-refractivity contribution in [3.63, 3.8) is 0 Å². The highest BCUT2D eigenvalue weighted by Crippen LogP contribution is 2.39. The van der Waals surface area contributed by atoms with E-state index in [0.29, 0.717) is 34.2 Å². The third-order valence-corrected chi connectivity index (χ3v) is 7.05.